The van der Waals surface area contributed by atoms with E-state index in [1.807, 2.05) is 12.1 Å². The van der Waals surface area contributed by atoms with E-state index in [4.69, 9.17) is 21.1 Å². The minimum atomic E-state index is -3.76. The van der Waals surface area contributed by atoms with E-state index in [2.05, 4.69) is 5.32 Å². The average Bonchev–Trinajstić information content (AvgIpc) is 2.79. The molecule has 1 fully saturated rings. The molecule has 172 valence electrons. The molecule has 2 aromatic carbocycles. The van der Waals surface area contributed by atoms with Gasteiger partial charge in [-0.15, -0.1) is 0 Å². The molecule has 0 radical (unpaired) electrons. The number of carbonyl (C=O) groups excluding carboxylic acids is 2. The van der Waals surface area contributed by atoms with Crippen molar-refractivity contribution in [1.82, 2.24) is 9.62 Å². The lowest BCUT2D eigenvalue weighted by Crippen LogP contribution is -2.40. The van der Waals surface area contributed by atoms with Crippen molar-refractivity contribution in [2.75, 3.05) is 39.5 Å². The van der Waals surface area contributed by atoms with Crippen molar-refractivity contribution in [3.8, 4) is 0 Å². The summed E-state index contributed by atoms with van der Waals surface area (Å²) in [7, 11) is -3.76. The molecule has 0 unspecified atom stereocenters. The Morgan fingerprint density at radius 1 is 1.12 bits per heavy atom. The van der Waals surface area contributed by atoms with E-state index < -0.39 is 28.5 Å². The lowest BCUT2D eigenvalue weighted by atomic mass is 10.1. The Hall–Kier alpha value is -2.46. The lowest BCUT2D eigenvalue weighted by molar-refractivity contribution is -0.124. The molecule has 0 atom stereocenters. The molecule has 0 bridgehead atoms. The van der Waals surface area contributed by atoms with Gasteiger partial charge >= 0.3 is 5.97 Å². The summed E-state index contributed by atoms with van der Waals surface area (Å²) in [6.45, 7) is 2.75. The number of rotatable bonds is 8. The molecule has 2 aromatic rings. The second kappa shape index (κ2) is 10.9. The molecular weight excluding hydrogens is 456 g/mol. The number of hydrogen-bond donors (Lipinski definition) is 1. The number of nitrogens with one attached hydrogen (secondary N) is 1. The maximum Gasteiger partial charge on any atom is 0.338 e. The normalized spacial score (nSPS) is 14.7. The highest BCUT2D eigenvalue weighted by molar-refractivity contribution is 7.89. The first-order chi connectivity index (χ1) is 15.3. The second-order valence-electron chi connectivity index (χ2n) is 7.30. The molecule has 1 aliphatic rings. The van der Waals surface area contributed by atoms with Crippen molar-refractivity contribution in [3.63, 3.8) is 0 Å². The zero-order valence-corrected chi connectivity index (χ0v) is 19.2. The van der Waals surface area contributed by atoms with Crippen LogP contribution in [0.3, 0.4) is 0 Å². The van der Waals surface area contributed by atoms with Gasteiger partial charge in [0.05, 0.1) is 23.7 Å². The maximum absolute atomic E-state index is 12.9. The predicted molar refractivity (Wildman–Crippen MR) is 119 cm³/mol. The maximum atomic E-state index is 12.9. The SMILES string of the molecule is Cc1ccc(C(=O)OCC(=O)NCCc2ccc(Cl)cc2)cc1S(=O)(=O)N1CCOCC1. The number of morpholine rings is 1. The Labute approximate surface area is 192 Å². The van der Waals surface area contributed by atoms with Crippen LogP contribution >= 0.6 is 11.6 Å². The van der Waals surface area contributed by atoms with Crippen molar-refractivity contribution >= 4 is 33.5 Å². The Morgan fingerprint density at radius 2 is 1.81 bits per heavy atom. The third-order valence-corrected chi connectivity index (χ3v) is 7.29. The Morgan fingerprint density at radius 3 is 2.50 bits per heavy atom. The van der Waals surface area contributed by atoms with Crippen LogP contribution in [0.15, 0.2) is 47.4 Å². The van der Waals surface area contributed by atoms with E-state index in [1.165, 1.54) is 16.4 Å². The van der Waals surface area contributed by atoms with Gasteiger partial charge in [0.15, 0.2) is 6.61 Å². The summed E-state index contributed by atoms with van der Waals surface area (Å²) < 4.78 is 37.5. The van der Waals surface area contributed by atoms with Crippen LogP contribution in [0.25, 0.3) is 0 Å². The Kier molecular flexibility index (Phi) is 8.25. The fraction of sp³-hybridized carbons (Fsp3) is 0.364. The zero-order chi connectivity index (χ0) is 23.1. The zero-order valence-electron chi connectivity index (χ0n) is 17.7. The number of halogens is 1. The fourth-order valence-electron chi connectivity index (χ4n) is 3.19. The summed E-state index contributed by atoms with van der Waals surface area (Å²) >= 11 is 5.84. The van der Waals surface area contributed by atoms with Crippen LogP contribution in [-0.4, -0.2) is 64.1 Å². The molecule has 0 aliphatic carbocycles. The lowest BCUT2D eigenvalue weighted by Gasteiger charge is -2.26. The quantitative estimate of drug-likeness (QED) is 0.581. The summed E-state index contributed by atoms with van der Waals surface area (Å²) in [5.74, 6) is -1.21. The highest BCUT2D eigenvalue weighted by atomic mass is 35.5. The topological polar surface area (TPSA) is 102 Å². The smallest absolute Gasteiger partial charge is 0.338 e. The van der Waals surface area contributed by atoms with Crippen LogP contribution in [-0.2, 0) is 30.7 Å². The molecule has 0 spiro atoms. The minimum absolute atomic E-state index is 0.0428. The number of sulfonamides is 1. The second-order valence-corrected chi connectivity index (χ2v) is 9.64. The molecule has 3 rings (SSSR count). The monoisotopic (exact) mass is 480 g/mol. The first-order valence-corrected chi connectivity index (χ1v) is 12.0. The Balaban J connectivity index is 1.55. The van der Waals surface area contributed by atoms with E-state index in [1.54, 1.807) is 25.1 Å². The molecular formula is C22H25ClN2O6S. The summed E-state index contributed by atoms with van der Waals surface area (Å²) in [6.07, 6.45) is 0.609. The van der Waals surface area contributed by atoms with Gasteiger partial charge in [-0.25, -0.2) is 13.2 Å². The van der Waals surface area contributed by atoms with Crippen LogP contribution in [0.1, 0.15) is 21.5 Å². The van der Waals surface area contributed by atoms with E-state index in [0.717, 1.165) is 5.56 Å². The van der Waals surface area contributed by atoms with Crippen molar-refractivity contribution in [2.45, 2.75) is 18.2 Å². The standard InChI is InChI=1S/C22H25ClN2O6S/c1-16-2-5-18(14-20(16)32(28,29)25-10-12-30-13-11-25)22(27)31-15-21(26)24-9-8-17-3-6-19(23)7-4-17/h2-7,14H,8-13,15H2,1H3,(H,24,26). The fourth-order valence-corrected chi connectivity index (χ4v) is 4.98. The van der Waals surface area contributed by atoms with Crippen molar-refractivity contribution < 1.29 is 27.5 Å². The largest absolute Gasteiger partial charge is 0.452 e. The number of nitrogens with zero attached hydrogens (tertiary/aromatic N) is 1. The van der Waals surface area contributed by atoms with Gasteiger partial charge in [0, 0.05) is 24.7 Å². The number of hydrogen-bond acceptors (Lipinski definition) is 6. The molecule has 0 saturated carbocycles. The van der Waals surface area contributed by atoms with Gasteiger partial charge in [0.2, 0.25) is 10.0 Å². The van der Waals surface area contributed by atoms with Gasteiger partial charge in [0.1, 0.15) is 0 Å². The van der Waals surface area contributed by atoms with E-state index in [0.29, 0.717) is 36.8 Å². The van der Waals surface area contributed by atoms with Gasteiger partial charge in [-0.3, -0.25) is 4.79 Å². The van der Waals surface area contributed by atoms with E-state index >= 15 is 0 Å². The van der Waals surface area contributed by atoms with Gasteiger partial charge in [-0.1, -0.05) is 29.8 Å². The van der Waals surface area contributed by atoms with E-state index in [-0.39, 0.29) is 23.5 Å². The highest BCUT2D eigenvalue weighted by Gasteiger charge is 2.28. The summed E-state index contributed by atoms with van der Waals surface area (Å²) in [5.41, 5.74) is 1.60. The molecule has 1 amide bonds. The molecule has 1 aliphatic heterocycles. The van der Waals surface area contributed by atoms with Crippen molar-refractivity contribution in [3.05, 3.63) is 64.2 Å². The first-order valence-electron chi connectivity index (χ1n) is 10.1. The van der Waals surface area contributed by atoms with Gasteiger partial charge < -0.3 is 14.8 Å². The van der Waals surface area contributed by atoms with Crippen molar-refractivity contribution in [1.29, 1.82) is 0 Å². The number of carbonyl (C=O) groups is 2. The third-order valence-electron chi connectivity index (χ3n) is 5.00. The predicted octanol–water partition coefficient (Wildman–Crippen LogP) is 2.19. The average molecular weight is 481 g/mol. The van der Waals surface area contributed by atoms with Gasteiger partial charge in [0.25, 0.3) is 5.91 Å². The summed E-state index contributed by atoms with van der Waals surface area (Å²) in [5, 5.41) is 3.32. The number of benzene rings is 2. The van der Waals surface area contributed by atoms with Gasteiger partial charge in [-0.05, 0) is 48.7 Å². The summed E-state index contributed by atoms with van der Waals surface area (Å²) in [6, 6.07) is 11.6. The van der Waals surface area contributed by atoms with Crippen LogP contribution in [0, 0.1) is 6.92 Å². The van der Waals surface area contributed by atoms with Crippen LogP contribution in [0.5, 0.6) is 0 Å². The Bertz CT molecular complexity index is 1070. The molecule has 1 N–H and O–H groups in total. The molecule has 10 heteroatoms. The third kappa shape index (κ3) is 6.29. The van der Waals surface area contributed by atoms with Crippen LogP contribution in [0.2, 0.25) is 5.02 Å². The van der Waals surface area contributed by atoms with Crippen LogP contribution < -0.4 is 5.32 Å². The molecule has 0 aromatic heterocycles. The van der Waals surface area contributed by atoms with E-state index in [9.17, 15) is 18.0 Å². The number of esters is 1. The molecule has 8 nitrogen and oxygen atoms in total. The number of aryl methyl sites for hydroxylation is 1. The van der Waals surface area contributed by atoms with Gasteiger partial charge in [-0.2, -0.15) is 4.31 Å². The number of amides is 1. The van der Waals surface area contributed by atoms with Crippen LogP contribution in [0.4, 0.5) is 0 Å². The highest BCUT2D eigenvalue weighted by Crippen LogP contribution is 2.22. The first kappa shape index (κ1) is 24.2. The molecule has 1 heterocycles. The minimum Gasteiger partial charge on any atom is -0.452 e. The molecule has 32 heavy (non-hydrogen) atoms. The number of ether oxygens (including phenoxy) is 2. The summed E-state index contributed by atoms with van der Waals surface area (Å²) in [4.78, 5) is 24.4. The van der Waals surface area contributed by atoms with Crippen molar-refractivity contribution in [2.24, 2.45) is 0 Å². The molecule has 1 saturated heterocycles.